The van der Waals surface area contributed by atoms with E-state index >= 15 is 0 Å². The molecule has 17 heavy (non-hydrogen) atoms. The number of halogens is 1. The van der Waals surface area contributed by atoms with Gasteiger partial charge in [0.15, 0.2) is 0 Å². The van der Waals surface area contributed by atoms with Crippen LogP contribution in [-0.2, 0) is 4.74 Å². The Kier molecular flexibility index (Phi) is 5.67. The molecule has 6 heteroatoms. The van der Waals surface area contributed by atoms with Crippen LogP contribution >= 0.6 is 15.9 Å². The number of nitrogens with zero attached hydrogens (tertiary/aromatic N) is 1. The Morgan fingerprint density at radius 2 is 2.35 bits per heavy atom. The van der Waals surface area contributed by atoms with Gasteiger partial charge in [-0.25, -0.2) is 4.98 Å². The predicted molar refractivity (Wildman–Crippen MR) is 72.1 cm³/mol. The largest absolute Gasteiger partial charge is 0.397 e. The smallest absolute Gasteiger partial charge is 0.141 e. The molecule has 0 aliphatic rings. The molecule has 1 rings (SSSR count). The number of hydrogen-bond acceptors (Lipinski definition) is 5. The third-order valence-corrected chi connectivity index (χ3v) is 3.46. The number of aromatic nitrogens is 1. The van der Waals surface area contributed by atoms with E-state index in [0.717, 1.165) is 10.0 Å². The molecule has 0 radical (unpaired) electrons. The second-order valence-electron chi connectivity index (χ2n) is 3.81. The molecule has 0 fully saturated rings. The monoisotopic (exact) mass is 303 g/mol. The summed E-state index contributed by atoms with van der Waals surface area (Å²) in [6, 6.07) is 0.0248. The normalized spacial score (nSPS) is 12.5. The molecule has 0 aliphatic carbocycles. The van der Waals surface area contributed by atoms with Crippen LogP contribution in [0.1, 0.15) is 12.0 Å². The molecule has 4 N–H and O–H groups in total. The van der Waals surface area contributed by atoms with E-state index in [2.05, 4.69) is 26.2 Å². The molecule has 0 bridgehead atoms. The van der Waals surface area contributed by atoms with E-state index in [1.165, 1.54) is 0 Å². The van der Waals surface area contributed by atoms with Crippen molar-refractivity contribution >= 4 is 27.4 Å². The zero-order chi connectivity index (χ0) is 12.8. The van der Waals surface area contributed by atoms with Crippen molar-refractivity contribution in [3.05, 3.63) is 16.2 Å². The summed E-state index contributed by atoms with van der Waals surface area (Å²) in [4.78, 5) is 4.22. The van der Waals surface area contributed by atoms with E-state index < -0.39 is 0 Å². The highest BCUT2D eigenvalue weighted by Gasteiger charge is 2.12. The molecular formula is C11H18BrN3O2. The fourth-order valence-corrected chi connectivity index (χ4v) is 1.89. The number of aliphatic hydroxyl groups excluding tert-OH is 1. The predicted octanol–water partition coefficient (Wildman–Crippen LogP) is 1.54. The standard InChI is InChI=1S/C11H18BrN3O2/c1-7-9(13)5-14-11(10(7)12)15-8(3-4-16)6-17-2/h5,8,16H,3-4,6,13H2,1-2H3,(H,14,15). The highest BCUT2D eigenvalue weighted by molar-refractivity contribution is 9.10. The van der Waals surface area contributed by atoms with E-state index in [1.54, 1.807) is 13.3 Å². The topological polar surface area (TPSA) is 80.4 Å². The molecule has 0 aliphatic heterocycles. The number of ether oxygens (including phenoxy) is 1. The molecule has 0 amide bonds. The zero-order valence-corrected chi connectivity index (χ0v) is 11.6. The van der Waals surface area contributed by atoms with Crippen molar-refractivity contribution in [2.75, 3.05) is 31.4 Å². The van der Waals surface area contributed by atoms with Gasteiger partial charge in [0, 0.05) is 13.7 Å². The van der Waals surface area contributed by atoms with Gasteiger partial charge in [0.05, 0.1) is 29.0 Å². The van der Waals surface area contributed by atoms with Gasteiger partial charge >= 0.3 is 0 Å². The number of nitrogens with two attached hydrogens (primary N) is 1. The maximum atomic E-state index is 8.96. The fraction of sp³-hybridized carbons (Fsp3) is 0.545. The number of nitrogens with one attached hydrogen (secondary N) is 1. The van der Waals surface area contributed by atoms with Crippen LogP contribution in [0.2, 0.25) is 0 Å². The Bertz CT molecular complexity index is 368. The minimum atomic E-state index is 0.0248. The first-order valence-corrected chi connectivity index (χ1v) is 6.16. The van der Waals surface area contributed by atoms with E-state index in [-0.39, 0.29) is 12.6 Å². The molecule has 5 nitrogen and oxygen atoms in total. The fourth-order valence-electron chi connectivity index (χ4n) is 1.44. The number of anilines is 2. The van der Waals surface area contributed by atoms with E-state index in [1.807, 2.05) is 6.92 Å². The summed E-state index contributed by atoms with van der Waals surface area (Å²) in [6.07, 6.45) is 2.22. The van der Waals surface area contributed by atoms with Gasteiger partial charge in [0.1, 0.15) is 5.82 Å². The summed E-state index contributed by atoms with van der Waals surface area (Å²) in [5, 5.41) is 12.2. The Balaban J connectivity index is 2.82. The molecule has 1 aromatic rings. The number of nitrogen functional groups attached to an aromatic ring is 1. The van der Waals surface area contributed by atoms with Crippen LogP contribution in [0.4, 0.5) is 11.5 Å². The van der Waals surface area contributed by atoms with E-state index in [9.17, 15) is 0 Å². The van der Waals surface area contributed by atoms with Crippen molar-refractivity contribution in [2.24, 2.45) is 0 Å². The molecule has 0 saturated carbocycles. The highest BCUT2D eigenvalue weighted by Crippen LogP contribution is 2.28. The Morgan fingerprint density at radius 1 is 1.65 bits per heavy atom. The summed E-state index contributed by atoms with van der Waals surface area (Å²) in [6.45, 7) is 2.54. The van der Waals surface area contributed by atoms with Crippen molar-refractivity contribution in [1.82, 2.24) is 4.98 Å². The molecular weight excluding hydrogens is 286 g/mol. The van der Waals surface area contributed by atoms with Crippen molar-refractivity contribution in [1.29, 1.82) is 0 Å². The molecule has 1 aromatic heterocycles. The summed E-state index contributed by atoms with van der Waals surface area (Å²) in [5.74, 6) is 0.715. The van der Waals surface area contributed by atoms with Crippen molar-refractivity contribution in [3.63, 3.8) is 0 Å². The van der Waals surface area contributed by atoms with Gasteiger partial charge < -0.3 is 20.9 Å². The van der Waals surface area contributed by atoms with Gasteiger partial charge in [-0.05, 0) is 34.8 Å². The Hall–Kier alpha value is -0.850. The Morgan fingerprint density at radius 3 is 2.94 bits per heavy atom. The van der Waals surface area contributed by atoms with Gasteiger partial charge in [-0.2, -0.15) is 0 Å². The van der Waals surface area contributed by atoms with Gasteiger partial charge in [-0.1, -0.05) is 0 Å². The molecule has 0 spiro atoms. The second kappa shape index (κ2) is 6.78. The first kappa shape index (κ1) is 14.2. The molecule has 1 atom stereocenters. The summed E-state index contributed by atoms with van der Waals surface area (Å²) >= 11 is 3.45. The maximum absolute atomic E-state index is 8.96. The van der Waals surface area contributed by atoms with Crippen LogP contribution in [0.5, 0.6) is 0 Å². The van der Waals surface area contributed by atoms with Crippen LogP contribution in [-0.4, -0.2) is 36.5 Å². The minimum absolute atomic E-state index is 0.0248. The lowest BCUT2D eigenvalue weighted by molar-refractivity contribution is 0.170. The molecule has 96 valence electrons. The molecule has 0 aromatic carbocycles. The van der Waals surface area contributed by atoms with Crippen LogP contribution in [0.3, 0.4) is 0 Å². The number of rotatable bonds is 6. The number of pyridine rings is 1. The summed E-state index contributed by atoms with van der Waals surface area (Å²) in [7, 11) is 1.63. The van der Waals surface area contributed by atoms with Crippen molar-refractivity contribution in [3.8, 4) is 0 Å². The van der Waals surface area contributed by atoms with E-state index in [0.29, 0.717) is 24.5 Å². The zero-order valence-electron chi connectivity index (χ0n) is 10.0. The van der Waals surface area contributed by atoms with E-state index in [4.69, 9.17) is 15.6 Å². The number of aliphatic hydroxyl groups is 1. The van der Waals surface area contributed by atoms with Crippen LogP contribution < -0.4 is 11.1 Å². The summed E-state index contributed by atoms with van der Waals surface area (Å²) < 4.78 is 5.93. The second-order valence-corrected chi connectivity index (χ2v) is 4.60. The highest BCUT2D eigenvalue weighted by atomic mass is 79.9. The van der Waals surface area contributed by atoms with Crippen LogP contribution in [0.25, 0.3) is 0 Å². The lowest BCUT2D eigenvalue weighted by Gasteiger charge is -2.19. The quantitative estimate of drug-likeness (QED) is 0.743. The number of hydrogen-bond donors (Lipinski definition) is 3. The van der Waals surface area contributed by atoms with Crippen molar-refractivity contribution < 1.29 is 9.84 Å². The Labute approximate surface area is 110 Å². The third kappa shape index (κ3) is 3.83. The lowest BCUT2D eigenvalue weighted by Crippen LogP contribution is -2.27. The first-order valence-electron chi connectivity index (χ1n) is 5.37. The molecule has 0 saturated heterocycles. The average Bonchev–Trinajstić information content (AvgIpc) is 2.30. The van der Waals surface area contributed by atoms with Crippen molar-refractivity contribution in [2.45, 2.75) is 19.4 Å². The maximum Gasteiger partial charge on any atom is 0.141 e. The number of methoxy groups -OCH3 is 1. The van der Waals surface area contributed by atoms with Crippen LogP contribution in [0.15, 0.2) is 10.7 Å². The van der Waals surface area contributed by atoms with Crippen LogP contribution in [0, 0.1) is 6.92 Å². The third-order valence-electron chi connectivity index (χ3n) is 2.49. The SMILES string of the molecule is COCC(CCO)Nc1ncc(N)c(C)c1Br. The molecule has 1 heterocycles. The average molecular weight is 304 g/mol. The minimum Gasteiger partial charge on any atom is -0.397 e. The molecule has 1 unspecified atom stereocenters. The summed E-state index contributed by atoms with van der Waals surface area (Å²) in [5.41, 5.74) is 7.35. The van der Waals surface area contributed by atoms with Gasteiger partial charge in [0.25, 0.3) is 0 Å². The van der Waals surface area contributed by atoms with Gasteiger partial charge in [-0.15, -0.1) is 0 Å². The van der Waals surface area contributed by atoms with Gasteiger partial charge in [0.2, 0.25) is 0 Å². The first-order chi connectivity index (χ1) is 8.10. The van der Waals surface area contributed by atoms with Gasteiger partial charge in [-0.3, -0.25) is 0 Å². The lowest BCUT2D eigenvalue weighted by atomic mass is 10.2.